The molecule has 4 heteroatoms. The van der Waals surface area contributed by atoms with E-state index in [4.69, 9.17) is 11.6 Å². The van der Waals surface area contributed by atoms with Gasteiger partial charge in [0.2, 0.25) is 0 Å². The first-order valence-electron chi connectivity index (χ1n) is 5.78. The number of rotatable bonds is 6. The zero-order chi connectivity index (χ0) is 12.7. The average molecular weight is 256 g/mol. The molecule has 1 amide bonds. The minimum Gasteiger partial charge on any atom is -0.393 e. The number of amides is 1. The average Bonchev–Trinajstić information content (AvgIpc) is 2.38. The van der Waals surface area contributed by atoms with Crippen molar-refractivity contribution in [2.75, 3.05) is 6.54 Å². The number of alkyl halides is 1. The van der Waals surface area contributed by atoms with E-state index in [0.717, 1.165) is 5.56 Å². The van der Waals surface area contributed by atoms with Crippen LogP contribution in [0.15, 0.2) is 24.3 Å². The zero-order valence-electron chi connectivity index (χ0n) is 9.95. The van der Waals surface area contributed by atoms with Gasteiger partial charge in [-0.25, -0.2) is 0 Å². The number of benzene rings is 1. The number of carbonyl (C=O) groups excluding carboxylic acids is 1. The maximum atomic E-state index is 11.7. The van der Waals surface area contributed by atoms with Crippen LogP contribution in [0.2, 0.25) is 0 Å². The minimum absolute atomic E-state index is 0.116. The molecule has 17 heavy (non-hydrogen) atoms. The van der Waals surface area contributed by atoms with Gasteiger partial charge in [-0.05, 0) is 30.5 Å². The van der Waals surface area contributed by atoms with Crippen molar-refractivity contribution < 1.29 is 9.90 Å². The number of hydrogen-bond acceptors (Lipinski definition) is 2. The Morgan fingerprint density at radius 1 is 1.41 bits per heavy atom. The van der Waals surface area contributed by atoms with Crippen LogP contribution < -0.4 is 5.32 Å². The second-order valence-electron chi connectivity index (χ2n) is 3.94. The summed E-state index contributed by atoms with van der Waals surface area (Å²) in [6, 6.07) is 7.18. The van der Waals surface area contributed by atoms with Gasteiger partial charge in [0.1, 0.15) is 0 Å². The topological polar surface area (TPSA) is 49.3 Å². The number of aliphatic hydroxyl groups is 1. The Morgan fingerprint density at radius 3 is 2.59 bits per heavy atom. The van der Waals surface area contributed by atoms with Gasteiger partial charge in [-0.1, -0.05) is 19.1 Å². The predicted molar refractivity (Wildman–Crippen MR) is 69.2 cm³/mol. The fraction of sp³-hybridized carbons (Fsp3) is 0.462. The van der Waals surface area contributed by atoms with Crippen LogP contribution in [-0.2, 0) is 5.88 Å². The van der Waals surface area contributed by atoms with E-state index in [0.29, 0.717) is 30.8 Å². The Kier molecular flexibility index (Phi) is 6.01. The van der Waals surface area contributed by atoms with Crippen molar-refractivity contribution in [3.8, 4) is 0 Å². The third-order valence-corrected chi connectivity index (χ3v) is 2.91. The number of hydrogen-bond donors (Lipinski definition) is 2. The third kappa shape index (κ3) is 4.75. The van der Waals surface area contributed by atoms with Gasteiger partial charge in [-0.2, -0.15) is 0 Å². The van der Waals surface area contributed by atoms with Gasteiger partial charge in [0, 0.05) is 18.0 Å². The van der Waals surface area contributed by atoms with Gasteiger partial charge in [0.05, 0.1) is 6.10 Å². The highest BCUT2D eigenvalue weighted by atomic mass is 35.5. The lowest BCUT2D eigenvalue weighted by atomic mass is 10.1. The summed E-state index contributed by atoms with van der Waals surface area (Å²) in [7, 11) is 0. The van der Waals surface area contributed by atoms with E-state index >= 15 is 0 Å². The highest BCUT2D eigenvalue weighted by molar-refractivity contribution is 6.17. The van der Waals surface area contributed by atoms with Crippen molar-refractivity contribution in [2.24, 2.45) is 0 Å². The van der Waals surface area contributed by atoms with E-state index in [9.17, 15) is 9.90 Å². The van der Waals surface area contributed by atoms with Gasteiger partial charge in [0.25, 0.3) is 5.91 Å². The Labute approximate surface area is 107 Å². The van der Waals surface area contributed by atoms with Crippen LogP contribution in [-0.4, -0.2) is 23.7 Å². The molecule has 1 rings (SSSR count). The summed E-state index contributed by atoms with van der Waals surface area (Å²) in [6.07, 6.45) is 0.955. The van der Waals surface area contributed by atoms with E-state index in [1.165, 1.54) is 0 Å². The molecule has 94 valence electrons. The van der Waals surface area contributed by atoms with Crippen LogP contribution in [0.1, 0.15) is 35.7 Å². The Balaban J connectivity index is 2.41. The molecule has 0 bridgehead atoms. The van der Waals surface area contributed by atoms with E-state index in [-0.39, 0.29) is 12.0 Å². The summed E-state index contributed by atoms with van der Waals surface area (Å²) in [4.78, 5) is 11.7. The van der Waals surface area contributed by atoms with Gasteiger partial charge in [-0.15, -0.1) is 11.6 Å². The Hall–Kier alpha value is -1.06. The van der Waals surface area contributed by atoms with Crippen molar-refractivity contribution in [3.63, 3.8) is 0 Å². The zero-order valence-corrected chi connectivity index (χ0v) is 10.7. The molecule has 1 unspecified atom stereocenters. The van der Waals surface area contributed by atoms with Crippen molar-refractivity contribution in [3.05, 3.63) is 35.4 Å². The lowest BCUT2D eigenvalue weighted by Crippen LogP contribution is -2.26. The molecule has 1 aromatic rings. The first-order valence-corrected chi connectivity index (χ1v) is 6.32. The lowest BCUT2D eigenvalue weighted by molar-refractivity contribution is 0.0942. The summed E-state index contributed by atoms with van der Waals surface area (Å²) in [5, 5.41) is 12.1. The molecule has 0 fully saturated rings. The van der Waals surface area contributed by atoms with Gasteiger partial charge in [0.15, 0.2) is 0 Å². The first-order chi connectivity index (χ1) is 8.17. The van der Waals surface area contributed by atoms with Crippen LogP contribution >= 0.6 is 11.6 Å². The summed E-state index contributed by atoms with van der Waals surface area (Å²) in [6.45, 7) is 2.41. The second kappa shape index (κ2) is 7.30. The molecule has 0 radical (unpaired) electrons. The van der Waals surface area contributed by atoms with Crippen LogP contribution in [0, 0.1) is 0 Å². The quantitative estimate of drug-likeness (QED) is 0.767. The molecule has 1 atom stereocenters. The maximum Gasteiger partial charge on any atom is 0.251 e. The monoisotopic (exact) mass is 255 g/mol. The molecule has 2 N–H and O–H groups in total. The highest BCUT2D eigenvalue weighted by Gasteiger charge is 2.06. The SMILES string of the molecule is CCC(O)CCNC(=O)c1ccc(CCl)cc1. The Bertz CT molecular complexity index is 351. The molecule has 0 saturated carbocycles. The molecular formula is C13H18ClNO2. The molecule has 0 heterocycles. The van der Waals surface area contributed by atoms with Crippen LogP contribution in [0.5, 0.6) is 0 Å². The molecule has 0 aliphatic rings. The molecule has 0 aliphatic carbocycles. The smallest absolute Gasteiger partial charge is 0.251 e. The molecule has 0 saturated heterocycles. The standard InChI is InChI=1S/C13H18ClNO2/c1-2-12(16)7-8-15-13(17)11-5-3-10(9-14)4-6-11/h3-6,12,16H,2,7-9H2,1H3,(H,15,17). The highest BCUT2D eigenvalue weighted by Crippen LogP contribution is 2.06. The third-order valence-electron chi connectivity index (χ3n) is 2.60. The van der Waals surface area contributed by atoms with Crippen LogP contribution in [0.4, 0.5) is 0 Å². The second-order valence-corrected chi connectivity index (χ2v) is 4.20. The normalized spacial score (nSPS) is 12.2. The minimum atomic E-state index is -0.339. The molecule has 0 aromatic heterocycles. The predicted octanol–water partition coefficient (Wildman–Crippen LogP) is 2.32. The summed E-state index contributed by atoms with van der Waals surface area (Å²) < 4.78 is 0. The summed E-state index contributed by atoms with van der Waals surface area (Å²) in [5.74, 6) is 0.333. The Morgan fingerprint density at radius 2 is 2.06 bits per heavy atom. The van der Waals surface area contributed by atoms with Crippen molar-refractivity contribution >= 4 is 17.5 Å². The van der Waals surface area contributed by atoms with Gasteiger partial charge >= 0.3 is 0 Å². The molecular weight excluding hydrogens is 238 g/mol. The largest absolute Gasteiger partial charge is 0.393 e. The van der Waals surface area contributed by atoms with Crippen molar-refractivity contribution in [1.29, 1.82) is 0 Å². The summed E-state index contributed by atoms with van der Waals surface area (Å²) >= 11 is 5.66. The molecule has 0 aliphatic heterocycles. The van der Waals surface area contributed by atoms with Crippen molar-refractivity contribution in [1.82, 2.24) is 5.32 Å². The number of halogens is 1. The molecule has 1 aromatic carbocycles. The fourth-order valence-corrected chi connectivity index (χ4v) is 1.58. The van der Waals surface area contributed by atoms with E-state index in [2.05, 4.69) is 5.32 Å². The van der Waals surface area contributed by atoms with Crippen LogP contribution in [0.3, 0.4) is 0 Å². The van der Waals surface area contributed by atoms with Gasteiger partial charge in [-0.3, -0.25) is 4.79 Å². The van der Waals surface area contributed by atoms with Gasteiger partial charge < -0.3 is 10.4 Å². The lowest BCUT2D eigenvalue weighted by Gasteiger charge is -2.09. The van der Waals surface area contributed by atoms with Crippen LogP contribution in [0.25, 0.3) is 0 Å². The first kappa shape index (κ1) is 14.0. The summed E-state index contributed by atoms with van der Waals surface area (Å²) in [5.41, 5.74) is 1.61. The van der Waals surface area contributed by atoms with E-state index in [1.807, 2.05) is 19.1 Å². The number of nitrogens with one attached hydrogen (secondary N) is 1. The molecule has 3 nitrogen and oxygen atoms in total. The van der Waals surface area contributed by atoms with Crippen molar-refractivity contribution in [2.45, 2.75) is 31.7 Å². The van der Waals surface area contributed by atoms with E-state index < -0.39 is 0 Å². The maximum absolute atomic E-state index is 11.7. The number of aliphatic hydroxyl groups excluding tert-OH is 1. The number of carbonyl (C=O) groups is 1. The fourth-order valence-electron chi connectivity index (χ4n) is 1.40. The molecule has 0 spiro atoms. The van der Waals surface area contributed by atoms with E-state index in [1.54, 1.807) is 12.1 Å².